The number of hydrogen-bond donors (Lipinski definition) is 1. The van der Waals surface area contributed by atoms with Gasteiger partial charge in [0.15, 0.2) is 0 Å². The van der Waals surface area contributed by atoms with E-state index in [2.05, 4.69) is 16.9 Å². The summed E-state index contributed by atoms with van der Waals surface area (Å²) in [5.74, 6) is -0.899. The fourth-order valence-corrected chi connectivity index (χ4v) is 3.51. The van der Waals surface area contributed by atoms with Crippen molar-refractivity contribution in [3.8, 4) is 11.6 Å². The van der Waals surface area contributed by atoms with E-state index in [1.807, 2.05) is 12.1 Å². The quantitative estimate of drug-likeness (QED) is 0.654. The van der Waals surface area contributed by atoms with Crippen molar-refractivity contribution in [3.05, 3.63) is 46.9 Å². The van der Waals surface area contributed by atoms with Crippen molar-refractivity contribution in [2.45, 2.75) is 64.1 Å². The van der Waals surface area contributed by atoms with Crippen LogP contribution in [0.5, 0.6) is 11.6 Å². The first-order valence-corrected chi connectivity index (χ1v) is 10.3. The molecule has 0 amide bonds. The molecule has 1 atom stereocenters. The van der Waals surface area contributed by atoms with Gasteiger partial charge in [0.25, 0.3) is 0 Å². The van der Waals surface area contributed by atoms with Crippen molar-refractivity contribution in [2.75, 3.05) is 13.2 Å². The smallest absolute Gasteiger partial charge is 0.421 e. The normalized spacial score (nSPS) is 17.1. The zero-order valence-electron chi connectivity index (χ0n) is 17.0. The van der Waals surface area contributed by atoms with Gasteiger partial charge in [-0.3, -0.25) is 4.98 Å². The highest BCUT2D eigenvalue weighted by molar-refractivity contribution is 5.42. The van der Waals surface area contributed by atoms with Gasteiger partial charge >= 0.3 is 6.18 Å². The van der Waals surface area contributed by atoms with Crippen LogP contribution in [0.3, 0.4) is 0 Å². The summed E-state index contributed by atoms with van der Waals surface area (Å²) in [4.78, 5) is 8.41. The lowest BCUT2D eigenvalue weighted by atomic mass is 10.0. The summed E-state index contributed by atoms with van der Waals surface area (Å²) < 4.78 is 51.6. The van der Waals surface area contributed by atoms with Crippen LogP contribution in [0.2, 0.25) is 0 Å². The molecule has 8 heteroatoms. The summed E-state index contributed by atoms with van der Waals surface area (Å²) in [6.07, 6.45) is 1.88. The molecule has 1 aliphatic rings. The van der Waals surface area contributed by atoms with Gasteiger partial charge < -0.3 is 14.6 Å². The molecule has 1 aliphatic heterocycles. The SMILES string of the molecule is CCCc1ccc(CCc2nc(OCC3CCCCO3)cc(O)c2C(F)(F)F)cn1. The number of alkyl halides is 3. The Hall–Kier alpha value is -2.35. The molecule has 1 unspecified atom stereocenters. The molecule has 0 aliphatic carbocycles. The highest BCUT2D eigenvalue weighted by atomic mass is 19.4. The summed E-state index contributed by atoms with van der Waals surface area (Å²) in [6.45, 7) is 2.90. The topological polar surface area (TPSA) is 64.5 Å². The second-order valence-electron chi connectivity index (χ2n) is 7.51. The molecule has 0 spiro atoms. The molecule has 1 saturated heterocycles. The van der Waals surface area contributed by atoms with Gasteiger partial charge in [-0.15, -0.1) is 0 Å². The van der Waals surface area contributed by atoms with E-state index in [4.69, 9.17) is 9.47 Å². The lowest BCUT2D eigenvalue weighted by Gasteiger charge is -2.23. The molecule has 0 radical (unpaired) electrons. The molecule has 5 nitrogen and oxygen atoms in total. The fraction of sp³-hybridized carbons (Fsp3) is 0.545. The second kappa shape index (κ2) is 10.1. The Kier molecular flexibility index (Phi) is 7.53. The largest absolute Gasteiger partial charge is 0.507 e. The molecule has 30 heavy (non-hydrogen) atoms. The molecule has 3 heterocycles. The van der Waals surface area contributed by atoms with Crippen molar-refractivity contribution in [1.82, 2.24) is 9.97 Å². The molecule has 3 rings (SSSR count). The maximum absolute atomic E-state index is 13.5. The van der Waals surface area contributed by atoms with E-state index in [-0.39, 0.29) is 30.7 Å². The molecule has 0 saturated carbocycles. The molecule has 2 aromatic rings. The number of ether oxygens (including phenoxy) is 2. The number of pyridine rings is 2. The average Bonchev–Trinajstić information content (AvgIpc) is 2.71. The van der Waals surface area contributed by atoms with Crippen LogP contribution in [0.25, 0.3) is 0 Å². The highest BCUT2D eigenvalue weighted by Crippen LogP contribution is 2.39. The van der Waals surface area contributed by atoms with Gasteiger partial charge in [0, 0.05) is 24.6 Å². The zero-order valence-corrected chi connectivity index (χ0v) is 17.0. The summed E-state index contributed by atoms with van der Waals surface area (Å²) in [7, 11) is 0. The molecule has 0 bridgehead atoms. The first-order valence-electron chi connectivity index (χ1n) is 10.3. The first-order chi connectivity index (χ1) is 14.4. The van der Waals surface area contributed by atoms with Crippen molar-refractivity contribution >= 4 is 0 Å². The molecule has 1 N–H and O–H groups in total. The number of aryl methyl sites for hydroxylation is 3. The van der Waals surface area contributed by atoms with Crippen LogP contribution in [0, 0.1) is 0 Å². The van der Waals surface area contributed by atoms with Crippen LogP contribution in [0.15, 0.2) is 24.4 Å². The van der Waals surface area contributed by atoms with Gasteiger partial charge in [0.1, 0.15) is 17.9 Å². The fourth-order valence-electron chi connectivity index (χ4n) is 3.51. The monoisotopic (exact) mass is 424 g/mol. The predicted molar refractivity (Wildman–Crippen MR) is 106 cm³/mol. The van der Waals surface area contributed by atoms with Gasteiger partial charge in [-0.05, 0) is 50.2 Å². The molecule has 164 valence electrons. The summed E-state index contributed by atoms with van der Waals surface area (Å²) in [6, 6.07) is 4.68. The van der Waals surface area contributed by atoms with E-state index in [1.165, 1.54) is 0 Å². The lowest BCUT2D eigenvalue weighted by molar-refractivity contribution is -0.139. The second-order valence-corrected chi connectivity index (χ2v) is 7.51. The molecular formula is C22H27F3N2O3. The molecule has 1 fully saturated rings. The lowest BCUT2D eigenvalue weighted by Crippen LogP contribution is -2.26. The zero-order chi connectivity index (χ0) is 21.6. The third kappa shape index (κ3) is 6.08. The molecular weight excluding hydrogens is 397 g/mol. The van der Waals surface area contributed by atoms with E-state index in [9.17, 15) is 18.3 Å². The van der Waals surface area contributed by atoms with Gasteiger partial charge in [-0.25, -0.2) is 4.98 Å². The van der Waals surface area contributed by atoms with E-state index in [1.54, 1.807) is 6.20 Å². The minimum absolute atomic E-state index is 0.00827. The van der Waals surface area contributed by atoms with E-state index < -0.39 is 17.5 Å². The standard InChI is InChI=1S/C22H27F3N2O3/c1-2-5-16-9-7-15(13-26-16)8-10-18-21(22(23,24)25)19(28)12-20(27-18)30-14-17-6-3-4-11-29-17/h7,9,12-13,17H,2-6,8,10-11,14H2,1H3,(H,27,28). The Labute approximate surface area is 174 Å². The average molecular weight is 424 g/mol. The number of rotatable bonds is 8. The van der Waals surface area contributed by atoms with Crippen molar-refractivity contribution in [3.63, 3.8) is 0 Å². The first kappa shape index (κ1) is 22.3. The van der Waals surface area contributed by atoms with Crippen LogP contribution in [0.4, 0.5) is 13.2 Å². The Morgan fingerprint density at radius 3 is 2.67 bits per heavy atom. The number of nitrogens with zero attached hydrogens (tertiary/aromatic N) is 2. The highest BCUT2D eigenvalue weighted by Gasteiger charge is 2.38. The van der Waals surface area contributed by atoms with Crippen molar-refractivity contribution < 1.29 is 27.8 Å². The van der Waals surface area contributed by atoms with Gasteiger partial charge in [-0.2, -0.15) is 13.2 Å². The Morgan fingerprint density at radius 1 is 1.20 bits per heavy atom. The predicted octanol–water partition coefficient (Wildman–Crippen LogP) is 4.89. The van der Waals surface area contributed by atoms with Crippen LogP contribution in [-0.2, 0) is 30.2 Å². The Morgan fingerprint density at radius 2 is 2.03 bits per heavy atom. The van der Waals surface area contributed by atoms with Crippen LogP contribution >= 0.6 is 0 Å². The van der Waals surface area contributed by atoms with Crippen LogP contribution in [0.1, 0.15) is 55.1 Å². The van der Waals surface area contributed by atoms with Crippen LogP contribution < -0.4 is 4.74 Å². The van der Waals surface area contributed by atoms with E-state index in [0.717, 1.165) is 49.4 Å². The van der Waals surface area contributed by atoms with Crippen molar-refractivity contribution in [1.29, 1.82) is 0 Å². The molecule has 2 aromatic heterocycles. The minimum atomic E-state index is -4.71. The molecule has 0 aromatic carbocycles. The van der Waals surface area contributed by atoms with Crippen molar-refractivity contribution in [2.24, 2.45) is 0 Å². The van der Waals surface area contributed by atoms with Crippen LogP contribution in [-0.4, -0.2) is 34.4 Å². The maximum atomic E-state index is 13.5. The van der Waals surface area contributed by atoms with Gasteiger partial charge in [-0.1, -0.05) is 19.4 Å². The summed E-state index contributed by atoms with van der Waals surface area (Å²) >= 11 is 0. The third-order valence-electron chi connectivity index (χ3n) is 5.07. The van der Waals surface area contributed by atoms with E-state index >= 15 is 0 Å². The number of hydrogen-bond acceptors (Lipinski definition) is 5. The third-order valence-corrected chi connectivity index (χ3v) is 5.07. The maximum Gasteiger partial charge on any atom is 0.421 e. The summed E-state index contributed by atoms with van der Waals surface area (Å²) in [5, 5.41) is 10.1. The number of halogens is 3. The Bertz CT molecular complexity index is 820. The summed E-state index contributed by atoms with van der Waals surface area (Å²) in [5.41, 5.74) is 0.415. The number of aromatic hydroxyl groups is 1. The number of aromatic nitrogens is 2. The minimum Gasteiger partial charge on any atom is -0.507 e. The van der Waals surface area contributed by atoms with E-state index in [0.29, 0.717) is 13.0 Å². The van der Waals surface area contributed by atoms with Gasteiger partial charge in [0.2, 0.25) is 5.88 Å². The Balaban J connectivity index is 1.74. The van der Waals surface area contributed by atoms with Gasteiger partial charge in [0.05, 0.1) is 11.8 Å².